The van der Waals surface area contributed by atoms with Crippen LogP contribution in [0.25, 0.3) is 21.6 Å². The predicted molar refractivity (Wildman–Crippen MR) is 119 cm³/mol. The predicted octanol–water partition coefficient (Wildman–Crippen LogP) is 4.76. The molecule has 0 aliphatic heterocycles. The number of aromatic nitrogens is 2. The lowest BCUT2D eigenvalue weighted by Crippen LogP contribution is -2.10. The second-order valence-electron chi connectivity index (χ2n) is 6.93. The molecule has 1 N–H and O–H groups in total. The van der Waals surface area contributed by atoms with Gasteiger partial charge in [0, 0.05) is 10.9 Å². The van der Waals surface area contributed by atoms with E-state index in [1.807, 2.05) is 44.2 Å². The first kappa shape index (κ1) is 20.5. The molecule has 2 aromatic heterocycles. The second kappa shape index (κ2) is 8.19. The van der Waals surface area contributed by atoms with Crippen molar-refractivity contribution in [2.24, 2.45) is 0 Å². The van der Waals surface area contributed by atoms with E-state index in [9.17, 15) is 14.9 Å². The van der Waals surface area contributed by atoms with Gasteiger partial charge < -0.3 is 14.5 Å². The van der Waals surface area contributed by atoms with Gasteiger partial charge in [0.2, 0.25) is 0 Å². The largest absolute Gasteiger partial charge is 0.493 e. The van der Waals surface area contributed by atoms with Crippen molar-refractivity contribution < 1.29 is 14.4 Å². The van der Waals surface area contributed by atoms with Gasteiger partial charge >= 0.3 is 0 Å². The number of benzene rings is 2. The normalized spacial score (nSPS) is 10.9. The van der Waals surface area contributed by atoms with E-state index in [0.29, 0.717) is 16.0 Å². The van der Waals surface area contributed by atoms with E-state index in [1.165, 1.54) is 30.6 Å². The molecule has 4 rings (SSSR count). The summed E-state index contributed by atoms with van der Waals surface area (Å²) < 4.78 is 11.2. The Bertz CT molecular complexity index is 1350. The third kappa shape index (κ3) is 3.87. The molecule has 0 spiro atoms. The van der Waals surface area contributed by atoms with Crippen molar-refractivity contribution >= 4 is 27.2 Å². The highest BCUT2D eigenvalue weighted by atomic mass is 32.1. The van der Waals surface area contributed by atoms with Gasteiger partial charge in [-0.1, -0.05) is 30.3 Å². The first-order valence-electron chi connectivity index (χ1n) is 9.42. The van der Waals surface area contributed by atoms with Gasteiger partial charge in [-0.15, -0.1) is 11.3 Å². The Labute approximate surface area is 181 Å². The molecule has 0 saturated heterocycles. The number of ether oxygens (including phenoxy) is 2. The Hall–Kier alpha value is -3.72. The highest BCUT2D eigenvalue weighted by Crippen LogP contribution is 2.39. The zero-order chi connectivity index (χ0) is 22.1. The zero-order valence-corrected chi connectivity index (χ0v) is 17.9. The van der Waals surface area contributed by atoms with Gasteiger partial charge in [-0.2, -0.15) is 0 Å². The fraction of sp³-hybridized carbons (Fsp3) is 0.182. The second-order valence-corrected chi connectivity index (χ2v) is 8.13. The number of aryl methyl sites for hydroxylation is 2. The van der Waals surface area contributed by atoms with Crippen molar-refractivity contribution in [3.63, 3.8) is 0 Å². The minimum atomic E-state index is -0.529. The maximum absolute atomic E-state index is 12.7. The van der Waals surface area contributed by atoms with Crippen molar-refractivity contribution in [2.45, 2.75) is 20.5 Å². The number of hydrogen-bond donors (Lipinski definition) is 1. The summed E-state index contributed by atoms with van der Waals surface area (Å²) in [5.41, 5.74) is 1.35. The third-order valence-corrected chi connectivity index (χ3v) is 6.11. The number of aromatic amines is 1. The molecule has 158 valence electrons. The minimum absolute atomic E-state index is 0.110. The number of thiophene rings is 1. The standard InChI is InChI=1S/C22H19N3O5S/c1-12-13(2)31-22-19(12)21(26)23-20(24-22)15-9-17(29-3)18(10-16(15)25(27)28)30-11-14-7-5-4-6-8-14/h4-10H,11H2,1-3H3,(H,23,24,26). The summed E-state index contributed by atoms with van der Waals surface area (Å²) in [6.07, 6.45) is 0. The molecule has 0 bridgehead atoms. The lowest BCUT2D eigenvalue weighted by atomic mass is 10.1. The van der Waals surface area contributed by atoms with Crippen molar-refractivity contribution in [3.05, 3.63) is 78.9 Å². The number of fused-ring (bicyclic) bond motifs is 1. The molecule has 9 heteroatoms. The molecule has 0 saturated carbocycles. The molecule has 0 aliphatic carbocycles. The van der Waals surface area contributed by atoms with E-state index < -0.39 is 4.92 Å². The molecule has 0 aliphatic rings. The molecule has 2 aromatic carbocycles. The fourth-order valence-electron chi connectivity index (χ4n) is 3.28. The van der Waals surface area contributed by atoms with E-state index in [0.717, 1.165) is 16.0 Å². The van der Waals surface area contributed by atoms with Crippen LogP contribution in [0.1, 0.15) is 16.0 Å². The molecule has 0 radical (unpaired) electrons. The van der Waals surface area contributed by atoms with E-state index >= 15 is 0 Å². The molecule has 8 nitrogen and oxygen atoms in total. The van der Waals surface area contributed by atoms with Gasteiger partial charge in [0.25, 0.3) is 11.2 Å². The van der Waals surface area contributed by atoms with Crippen molar-refractivity contribution in [2.75, 3.05) is 7.11 Å². The van der Waals surface area contributed by atoms with Crippen LogP contribution in [-0.2, 0) is 6.61 Å². The van der Waals surface area contributed by atoms with Crippen LogP contribution in [0.15, 0.2) is 47.3 Å². The quantitative estimate of drug-likeness (QED) is 0.344. The maximum atomic E-state index is 12.7. The maximum Gasteiger partial charge on any atom is 0.284 e. The summed E-state index contributed by atoms with van der Waals surface area (Å²) in [6.45, 7) is 3.99. The summed E-state index contributed by atoms with van der Waals surface area (Å²) >= 11 is 1.38. The Morgan fingerprint density at radius 3 is 2.58 bits per heavy atom. The van der Waals surface area contributed by atoms with Crippen molar-refractivity contribution in [3.8, 4) is 22.9 Å². The Morgan fingerprint density at radius 2 is 1.90 bits per heavy atom. The molecule has 2 heterocycles. The number of hydrogen-bond acceptors (Lipinski definition) is 7. The topological polar surface area (TPSA) is 107 Å². The molecule has 0 unspecified atom stereocenters. The molecule has 0 atom stereocenters. The average molecular weight is 437 g/mol. The van der Waals surface area contributed by atoms with E-state index in [1.54, 1.807) is 0 Å². The first-order valence-corrected chi connectivity index (χ1v) is 10.2. The molecule has 31 heavy (non-hydrogen) atoms. The number of nitrogens with zero attached hydrogens (tertiary/aromatic N) is 2. The summed E-state index contributed by atoms with van der Waals surface area (Å²) in [5.74, 6) is 0.643. The Morgan fingerprint density at radius 1 is 1.16 bits per heavy atom. The average Bonchev–Trinajstić information content (AvgIpc) is 3.06. The molecule has 0 amide bonds. The molecule has 0 fully saturated rings. The number of nitro groups is 1. The van der Waals surface area contributed by atoms with Crippen molar-refractivity contribution in [1.82, 2.24) is 9.97 Å². The lowest BCUT2D eigenvalue weighted by molar-refractivity contribution is -0.384. The van der Waals surface area contributed by atoms with E-state index in [-0.39, 0.29) is 35.0 Å². The smallest absolute Gasteiger partial charge is 0.284 e. The van der Waals surface area contributed by atoms with Crippen LogP contribution in [0.4, 0.5) is 5.69 Å². The third-order valence-electron chi connectivity index (χ3n) is 5.01. The van der Waals surface area contributed by atoms with E-state index in [4.69, 9.17) is 9.47 Å². The SMILES string of the molecule is COc1cc(-c2nc3sc(C)c(C)c3c(=O)[nH]2)c([N+](=O)[O-])cc1OCc1ccccc1. The van der Waals surface area contributed by atoms with Crippen LogP contribution in [0.3, 0.4) is 0 Å². The number of nitro benzene ring substituents is 1. The highest BCUT2D eigenvalue weighted by Gasteiger charge is 2.24. The molecular formula is C22H19N3O5S. The van der Waals surface area contributed by atoms with E-state index in [2.05, 4.69) is 9.97 Å². The number of rotatable bonds is 6. The van der Waals surface area contributed by atoms with Crippen LogP contribution < -0.4 is 15.0 Å². The monoisotopic (exact) mass is 437 g/mol. The Balaban J connectivity index is 1.82. The van der Waals surface area contributed by atoms with Gasteiger partial charge in [0.05, 0.1) is 29.0 Å². The molecular weight excluding hydrogens is 418 g/mol. The van der Waals surface area contributed by atoms with Crippen LogP contribution in [0.5, 0.6) is 11.5 Å². The van der Waals surface area contributed by atoms with Gasteiger partial charge in [0.15, 0.2) is 11.5 Å². The first-order chi connectivity index (χ1) is 14.9. The summed E-state index contributed by atoms with van der Waals surface area (Å²) in [7, 11) is 1.45. The van der Waals surface area contributed by atoms with Gasteiger partial charge in [0.1, 0.15) is 17.3 Å². The summed E-state index contributed by atoms with van der Waals surface area (Å²) in [6, 6.07) is 12.2. The summed E-state index contributed by atoms with van der Waals surface area (Å²) in [4.78, 5) is 32.6. The summed E-state index contributed by atoms with van der Waals surface area (Å²) in [5, 5.41) is 12.3. The van der Waals surface area contributed by atoms with Gasteiger partial charge in [-0.25, -0.2) is 4.98 Å². The lowest BCUT2D eigenvalue weighted by Gasteiger charge is -2.13. The minimum Gasteiger partial charge on any atom is -0.493 e. The number of methoxy groups -OCH3 is 1. The van der Waals surface area contributed by atoms with Crippen LogP contribution in [0.2, 0.25) is 0 Å². The number of nitrogens with one attached hydrogen (secondary N) is 1. The zero-order valence-electron chi connectivity index (χ0n) is 17.1. The Kier molecular flexibility index (Phi) is 5.43. The number of H-pyrrole nitrogens is 1. The van der Waals surface area contributed by atoms with Gasteiger partial charge in [-0.05, 0) is 25.0 Å². The highest BCUT2D eigenvalue weighted by molar-refractivity contribution is 7.18. The van der Waals surface area contributed by atoms with Gasteiger partial charge in [-0.3, -0.25) is 14.9 Å². The fourth-order valence-corrected chi connectivity index (χ4v) is 4.31. The van der Waals surface area contributed by atoms with Crippen molar-refractivity contribution in [1.29, 1.82) is 0 Å². The van der Waals surface area contributed by atoms with Crippen LogP contribution >= 0.6 is 11.3 Å². The molecule has 4 aromatic rings. The van der Waals surface area contributed by atoms with Crippen LogP contribution in [0, 0.1) is 24.0 Å². The van der Waals surface area contributed by atoms with Crippen LogP contribution in [-0.4, -0.2) is 22.0 Å².